The van der Waals surface area contributed by atoms with Crippen molar-refractivity contribution in [2.24, 2.45) is 0 Å². The summed E-state index contributed by atoms with van der Waals surface area (Å²) in [4.78, 5) is 33.4. The molecule has 8 nitrogen and oxygen atoms in total. The van der Waals surface area contributed by atoms with E-state index in [4.69, 9.17) is 40.8 Å². The molecule has 0 aliphatic heterocycles. The standard InChI is InChI=1S/C6H12.4CHNO.4CH4/c1-2-4-6-5-3-1;4*2-1-3;;;;/h1-6H2;4*2H;4*1H4. The molecule has 1 saturated carbocycles. The van der Waals surface area contributed by atoms with Crippen molar-refractivity contribution < 1.29 is 19.2 Å². The van der Waals surface area contributed by atoms with Crippen LogP contribution in [0.25, 0.3) is 0 Å². The number of isocyanates is 4. The molecule has 0 heterocycles. The third-order valence-corrected chi connectivity index (χ3v) is 1.50. The summed E-state index contributed by atoms with van der Waals surface area (Å²) in [5, 5.41) is 21.6. The van der Waals surface area contributed by atoms with E-state index in [9.17, 15) is 0 Å². The highest BCUT2D eigenvalue weighted by Gasteiger charge is 1.95. The largest absolute Gasteiger partial charge is 0.231 e. The van der Waals surface area contributed by atoms with Crippen molar-refractivity contribution >= 4 is 24.3 Å². The van der Waals surface area contributed by atoms with Crippen LogP contribution in [0.3, 0.4) is 0 Å². The molecule has 0 spiro atoms. The molecule has 8 heteroatoms. The number of hydrogen-bond donors (Lipinski definition) is 4. The summed E-state index contributed by atoms with van der Waals surface area (Å²) < 4.78 is 0. The molecule has 132 valence electrons. The highest BCUT2D eigenvalue weighted by atomic mass is 16.1. The zero-order chi connectivity index (χ0) is 15.1. The summed E-state index contributed by atoms with van der Waals surface area (Å²) in [7, 11) is 0. The van der Waals surface area contributed by atoms with Crippen molar-refractivity contribution in [1.82, 2.24) is 0 Å². The van der Waals surface area contributed by atoms with Crippen LogP contribution in [0.2, 0.25) is 0 Å². The fraction of sp³-hybridized carbons (Fsp3) is 0.714. The van der Waals surface area contributed by atoms with Gasteiger partial charge in [-0.3, -0.25) is 0 Å². The van der Waals surface area contributed by atoms with Gasteiger partial charge in [0.25, 0.3) is 0 Å². The Morgan fingerprint density at radius 2 is 0.455 bits per heavy atom. The van der Waals surface area contributed by atoms with E-state index >= 15 is 0 Å². The van der Waals surface area contributed by atoms with E-state index in [0.717, 1.165) is 24.3 Å². The van der Waals surface area contributed by atoms with Crippen LogP contribution in [0.4, 0.5) is 0 Å². The lowest BCUT2D eigenvalue weighted by Crippen LogP contribution is -1.85. The third kappa shape index (κ3) is 386. The Hall–Kier alpha value is -2.48. The summed E-state index contributed by atoms with van der Waals surface area (Å²) in [6, 6.07) is 0. The maximum atomic E-state index is 8.35. The van der Waals surface area contributed by atoms with Gasteiger partial charge in [0.05, 0.1) is 0 Å². The molecule has 22 heavy (non-hydrogen) atoms. The van der Waals surface area contributed by atoms with Crippen LogP contribution in [0, 0.1) is 21.6 Å². The molecule has 0 aromatic rings. The normalized spacial score (nSPS) is 8.00. The number of hydrogen-bond acceptors (Lipinski definition) is 8. The zero-order valence-electron chi connectivity index (χ0n) is 9.88. The van der Waals surface area contributed by atoms with E-state index in [1.807, 2.05) is 0 Å². The van der Waals surface area contributed by atoms with E-state index < -0.39 is 0 Å². The second-order valence-corrected chi connectivity index (χ2v) is 2.53. The fourth-order valence-electron chi connectivity index (χ4n) is 1.06. The van der Waals surface area contributed by atoms with Gasteiger partial charge in [-0.1, -0.05) is 68.2 Å². The van der Waals surface area contributed by atoms with Gasteiger partial charge >= 0.3 is 0 Å². The molecule has 0 amide bonds. The Labute approximate surface area is 134 Å². The summed E-state index contributed by atoms with van der Waals surface area (Å²) in [6.45, 7) is 0. The minimum absolute atomic E-state index is 0. The molecule has 0 aromatic carbocycles. The van der Waals surface area contributed by atoms with Crippen molar-refractivity contribution in [2.45, 2.75) is 68.2 Å². The quantitative estimate of drug-likeness (QED) is 0.382. The van der Waals surface area contributed by atoms with Crippen LogP contribution >= 0.6 is 0 Å². The van der Waals surface area contributed by atoms with Gasteiger partial charge in [0.1, 0.15) is 0 Å². The smallest absolute Gasteiger partial charge is 0.222 e. The maximum absolute atomic E-state index is 8.35. The average Bonchev–Trinajstić information content (AvgIpc) is 2.35. The SMILES string of the molecule is C.C.C.C.C1CCCCC1.N=C=O.N=C=O.N=C=O.N=C=O. The van der Waals surface area contributed by atoms with Crippen LogP contribution in [-0.4, -0.2) is 24.3 Å². The predicted molar refractivity (Wildman–Crippen MR) is 88.3 cm³/mol. The first kappa shape index (κ1) is 50.4. The van der Waals surface area contributed by atoms with Crippen molar-refractivity contribution in [3.63, 3.8) is 0 Å². The van der Waals surface area contributed by atoms with Crippen molar-refractivity contribution in [3.05, 3.63) is 0 Å². The second kappa shape index (κ2) is 101. The van der Waals surface area contributed by atoms with Crippen molar-refractivity contribution in [2.75, 3.05) is 0 Å². The van der Waals surface area contributed by atoms with Gasteiger partial charge in [-0.25, -0.2) is 40.8 Å². The van der Waals surface area contributed by atoms with Crippen LogP contribution in [-0.2, 0) is 19.2 Å². The van der Waals surface area contributed by atoms with Crippen molar-refractivity contribution in [3.8, 4) is 0 Å². The topological polar surface area (TPSA) is 164 Å². The minimum Gasteiger partial charge on any atom is -0.222 e. The highest BCUT2D eigenvalue weighted by molar-refractivity contribution is 5.26. The monoisotopic (exact) mass is 320 g/mol. The van der Waals surface area contributed by atoms with Crippen molar-refractivity contribution in [1.29, 1.82) is 21.6 Å². The van der Waals surface area contributed by atoms with Crippen LogP contribution in [0.1, 0.15) is 68.2 Å². The Morgan fingerprint density at radius 3 is 0.500 bits per heavy atom. The van der Waals surface area contributed by atoms with Gasteiger partial charge < -0.3 is 0 Å². The van der Waals surface area contributed by atoms with E-state index in [-0.39, 0.29) is 29.7 Å². The summed E-state index contributed by atoms with van der Waals surface area (Å²) in [6.07, 6.45) is 12.0. The highest BCUT2D eigenvalue weighted by Crippen LogP contribution is 2.15. The van der Waals surface area contributed by atoms with Gasteiger partial charge in [0.2, 0.25) is 24.3 Å². The zero-order valence-corrected chi connectivity index (χ0v) is 9.88. The van der Waals surface area contributed by atoms with E-state index in [0.29, 0.717) is 0 Å². The van der Waals surface area contributed by atoms with Gasteiger partial charge in [0.15, 0.2) is 0 Å². The Balaban J connectivity index is -0.0000000186. The Kier molecular flexibility index (Phi) is 231. The summed E-state index contributed by atoms with van der Waals surface area (Å²) >= 11 is 0. The van der Waals surface area contributed by atoms with E-state index in [1.165, 1.54) is 38.5 Å². The van der Waals surface area contributed by atoms with E-state index in [2.05, 4.69) is 0 Å². The first-order valence-corrected chi connectivity index (χ1v) is 4.82. The average molecular weight is 320 g/mol. The molecule has 0 unspecified atom stereocenters. The molecular formula is C14H32N4O4. The fourth-order valence-corrected chi connectivity index (χ4v) is 1.06. The molecule has 1 fully saturated rings. The molecule has 1 aliphatic rings. The minimum atomic E-state index is 0. The first-order valence-electron chi connectivity index (χ1n) is 4.82. The molecule has 1 aliphatic carbocycles. The van der Waals surface area contributed by atoms with Crippen LogP contribution in [0.5, 0.6) is 0 Å². The number of nitrogens with one attached hydrogen (secondary N) is 4. The van der Waals surface area contributed by atoms with Crippen LogP contribution < -0.4 is 0 Å². The predicted octanol–water partition coefficient (Wildman–Crippen LogP) is 4.49. The molecule has 1 rings (SSSR count). The second-order valence-electron chi connectivity index (χ2n) is 2.53. The molecule has 0 atom stereocenters. The summed E-state index contributed by atoms with van der Waals surface area (Å²) in [5.41, 5.74) is 0. The van der Waals surface area contributed by atoms with Crippen LogP contribution in [0.15, 0.2) is 0 Å². The molecule has 0 bridgehead atoms. The maximum Gasteiger partial charge on any atom is 0.231 e. The van der Waals surface area contributed by atoms with Gasteiger partial charge in [-0.2, -0.15) is 0 Å². The molecule has 0 saturated heterocycles. The van der Waals surface area contributed by atoms with Gasteiger partial charge in [-0.05, 0) is 0 Å². The van der Waals surface area contributed by atoms with Gasteiger partial charge in [0, 0.05) is 0 Å². The third-order valence-electron chi connectivity index (χ3n) is 1.50. The number of carbonyl (C=O) groups excluding carboxylic acids is 4. The lowest BCUT2D eigenvalue weighted by atomic mass is 10.0. The Bertz CT molecular complexity index is 220. The lowest BCUT2D eigenvalue weighted by molar-refractivity contribution is 0.504. The van der Waals surface area contributed by atoms with Gasteiger partial charge in [-0.15, -0.1) is 0 Å². The molecule has 0 radical (unpaired) electrons. The molecule has 0 aromatic heterocycles. The first-order chi connectivity index (χ1) is 8.66. The molecular weight excluding hydrogens is 288 g/mol. The molecule has 4 N–H and O–H groups in total. The lowest BCUT2D eigenvalue weighted by Gasteiger charge is -2.05. The summed E-state index contributed by atoms with van der Waals surface area (Å²) in [5.74, 6) is 0. The number of rotatable bonds is 0. The Morgan fingerprint density at radius 1 is 0.409 bits per heavy atom. The van der Waals surface area contributed by atoms with E-state index in [1.54, 1.807) is 0 Å².